The van der Waals surface area contributed by atoms with E-state index in [1.807, 2.05) is 13.2 Å². The normalized spacial score (nSPS) is 15.5. The lowest BCUT2D eigenvalue weighted by Gasteiger charge is -2.12. The molecule has 1 unspecified atom stereocenters. The molecule has 0 amide bonds. The summed E-state index contributed by atoms with van der Waals surface area (Å²) >= 11 is 0. The molecule has 0 bridgehead atoms. The standard InChI is InChI=1S/C16H21N3O3/c1-19-10-11(8-18-19)6-14(16(20)21)17-9-13-7-12-4-2-3-5-15(12)22-13/h7-8,10,14,17H,2-6,9H2,1H3,(H,20,21). The minimum atomic E-state index is -0.861. The number of carboxylic acid groups (broad SMARTS) is 1. The first-order valence-electron chi connectivity index (χ1n) is 7.66. The minimum absolute atomic E-state index is 0.406. The van der Waals surface area contributed by atoms with Crippen molar-refractivity contribution < 1.29 is 14.3 Å². The summed E-state index contributed by atoms with van der Waals surface area (Å²) in [6.45, 7) is 0.435. The predicted molar refractivity (Wildman–Crippen MR) is 80.5 cm³/mol. The van der Waals surface area contributed by atoms with Crippen LogP contribution in [-0.2, 0) is 37.6 Å². The molecule has 1 atom stereocenters. The van der Waals surface area contributed by atoms with E-state index in [1.165, 1.54) is 18.4 Å². The quantitative estimate of drug-likeness (QED) is 0.848. The zero-order valence-corrected chi connectivity index (χ0v) is 12.7. The van der Waals surface area contributed by atoms with Crippen LogP contribution in [0.1, 0.15) is 35.5 Å². The number of aryl methyl sites for hydroxylation is 3. The van der Waals surface area contributed by atoms with Crippen LogP contribution in [-0.4, -0.2) is 26.9 Å². The van der Waals surface area contributed by atoms with Gasteiger partial charge in [0.15, 0.2) is 0 Å². The number of aromatic nitrogens is 2. The van der Waals surface area contributed by atoms with Crippen LogP contribution in [0.2, 0.25) is 0 Å². The fourth-order valence-corrected chi connectivity index (χ4v) is 2.92. The number of nitrogens with one attached hydrogen (secondary N) is 1. The lowest BCUT2D eigenvalue weighted by atomic mass is 9.99. The molecule has 6 nitrogen and oxygen atoms in total. The molecule has 0 aliphatic heterocycles. The Kier molecular flexibility index (Phi) is 4.29. The number of rotatable bonds is 6. The fraction of sp³-hybridized carbons (Fsp3) is 0.500. The second kappa shape index (κ2) is 6.36. The average molecular weight is 303 g/mol. The Morgan fingerprint density at radius 3 is 3.00 bits per heavy atom. The molecule has 2 aromatic heterocycles. The highest BCUT2D eigenvalue weighted by atomic mass is 16.4. The molecule has 6 heteroatoms. The van der Waals surface area contributed by atoms with Gasteiger partial charge in [-0.05, 0) is 36.5 Å². The molecule has 1 aliphatic rings. The van der Waals surface area contributed by atoms with E-state index < -0.39 is 12.0 Å². The van der Waals surface area contributed by atoms with Crippen molar-refractivity contribution in [3.05, 3.63) is 41.1 Å². The molecule has 2 heterocycles. The zero-order valence-electron chi connectivity index (χ0n) is 12.7. The number of hydrogen-bond acceptors (Lipinski definition) is 4. The summed E-state index contributed by atoms with van der Waals surface area (Å²) in [5.41, 5.74) is 2.18. The Bertz CT molecular complexity index is 636. The molecule has 1 aliphatic carbocycles. The summed E-state index contributed by atoms with van der Waals surface area (Å²) < 4.78 is 7.49. The Labute approximate surface area is 129 Å². The second-order valence-corrected chi connectivity index (χ2v) is 5.87. The summed E-state index contributed by atoms with van der Waals surface area (Å²) in [6.07, 6.45) is 8.38. The molecular formula is C16H21N3O3. The van der Waals surface area contributed by atoms with Crippen molar-refractivity contribution in [2.45, 2.75) is 44.7 Å². The summed E-state index contributed by atoms with van der Waals surface area (Å²) in [5, 5.41) is 16.5. The van der Waals surface area contributed by atoms with Crippen LogP contribution in [0.4, 0.5) is 0 Å². The van der Waals surface area contributed by atoms with Gasteiger partial charge in [-0.3, -0.25) is 14.8 Å². The maximum Gasteiger partial charge on any atom is 0.321 e. The highest BCUT2D eigenvalue weighted by molar-refractivity contribution is 5.73. The smallest absolute Gasteiger partial charge is 0.321 e. The number of nitrogens with zero attached hydrogens (tertiary/aromatic N) is 2. The zero-order chi connectivity index (χ0) is 15.5. The molecule has 2 aromatic rings. The molecule has 22 heavy (non-hydrogen) atoms. The van der Waals surface area contributed by atoms with E-state index in [1.54, 1.807) is 10.9 Å². The Hall–Kier alpha value is -2.08. The maximum atomic E-state index is 11.4. The van der Waals surface area contributed by atoms with Crippen LogP contribution >= 0.6 is 0 Å². The van der Waals surface area contributed by atoms with Crippen molar-refractivity contribution in [2.24, 2.45) is 7.05 Å². The van der Waals surface area contributed by atoms with Gasteiger partial charge in [0.1, 0.15) is 17.6 Å². The highest BCUT2D eigenvalue weighted by Crippen LogP contribution is 2.24. The monoisotopic (exact) mass is 303 g/mol. The summed E-state index contributed by atoms with van der Waals surface area (Å²) in [6, 6.07) is 1.41. The van der Waals surface area contributed by atoms with E-state index in [-0.39, 0.29) is 0 Å². The van der Waals surface area contributed by atoms with E-state index in [0.717, 1.165) is 29.9 Å². The van der Waals surface area contributed by atoms with Gasteiger partial charge in [0.2, 0.25) is 0 Å². The predicted octanol–water partition coefficient (Wildman–Crippen LogP) is 1.68. The molecule has 3 rings (SSSR count). The van der Waals surface area contributed by atoms with Gasteiger partial charge < -0.3 is 9.52 Å². The Morgan fingerprint density at radius 2 is 2.32 bits per heavy atom. The number of furan rings is 1. The van der Waals surface area contributed by atoms with E-state index in [2.05, 4.69) is 16.5 Å². The first-order chi connectivity index (χ1) is 10.6. The molecule has 0 radical (unpaired) electrons. The number of carbonyl (C=O) groups is 1. The van der Waals surface area contributed by atoms with Gasteiger partial charge in [0.25, 0.3) is 0 Å². The summed E-state index contributed by atoms with van der Waals surface area (Å²) in [5.74, 6) is 1.03. The van der Waals surface area contributed by atoms with Crippen molar-refractivity contribution in [3.8, 4) is 0 Å². The first-order valence-corrected chi connectivity index (χ1v) is 7.66. The molecule has 0 aromatic carbocycles. The topological polar surface area (TPSA) is 80.3 Å². The third-order valence-electron chi connectivity index (χ3n) is 4.07. The lowest BCUT2D eigenvalue weighted by molar-refractivity contribution is -0.139. The van der Waals surface area contributed by atoms with Gasteiger partial charge in [-0.1, -0.05) is 0 Å². The third-order valence-corrected chi connectivity index (χ3v) is 4.07. The SMILES string of the molecule is Cn1cc(CC(NCc2cc3c(o2)CCCC3)C(=O)O)cn1. The average Bonchev–Trinajstić information content (AvgIpc) is 3.08. The lowest BCUT2D eigenvalue weighted by Crippen LogP contribution is -2.37. The van der Waals surface area contributed by atoms with Gasteiger partial charge in [-0.2, -0.15) is 5.10 Å². The van der Waals surface area contributed by atoms with Crippen molar-refractivity contribution in [1.29, 1.82) is 0 Å². The number of hydrogen-bond donors (Lipinski definition) is 2. The maximum absolute atomic E-state index is 11.4. The van der Waals surface area contributed by atoms with Crippen molar-refractivity contribution in [2.75, 3.05) is 0 Å². The molecule has 0 saturated carbocycles. The largest absolute Gasteiger partial charge is 0.480 e. The van der Waals surface area contributed by atoms with Crippen LogP contribution in [0.15, 0.2) is 22.9 Å². The molecule has 118 valence electrons. The van der Waals surface area contributed by atoms with Crippen molar-refractivity contribution in [3.63, 3.8) is 0 Å². The van der Waals surface area contributed by atoms with Gasteiger partial charge in [-0.25, -0.2) is 0 Å². The van der Waals surface area contributed by atoms with Crippen molar-refractivity contribution >= 4 is 5.97 Å². The summed E-state index contributed by atoms with van der Waals surface area (Å²) in [4.78, 5) is 11.4. The van der Waals surface area contributed by atoms with E-state index >= 15 is 0 Å². The van der Waals surface area contributed by atoms with Crippen molar-refractivity contribution in [1.82, 2.24) is 15.1 Å². The third kappa shape index (κ3) is 3.39. The molecule has 0 spiro atoms. The van der Waals surface area contributed by atoms with E-state index in [4.69, 9.17) is 4.42 Å². The van der Waals surface area contributed by atoms with Gasteiger partial charge >= 0.3 is 5.97 Å². The first kappa shape index (κ1) is 14.8. The number of carboxylic acids is 1. The van der Waals surface area contributed by atoms with E-state index in [9.17, 15) is 9.90 Å². The second-order valence-electron chi connectivity index (χ2n) is 5.87. The number of fused-ring (bicyclic) bond motifs is 1. The molecule has 0 fully saturated rings. The Morgan fingerprint density at radius 1 is 1.50 bits per heavy atom. The van der Waals surface area contributed by atoms with Crippen LogP contribution in [0.5, 0.6) is 0 Å². The number of aliphatic carboxylic acids is 1. The Balaban J connectivity index is 1.61. The van der Waals surface area contributed by atoms with Crippen LogP contribution in [0.25, 0.3) is 0 Å². The van der Waals surface area contributed by atoms with Crippen LogP contribution < -0.4 is 5.32 Å². The highest BCUT2D eigenvalue weighted by Gasteiger charge is 2.20. The van der Waals surface area contributed by atoms with E-state index in [0.29, 0.717) is 13.0 Å². The minimum Gasteiger partial charge on any atom is -0.480 e. The van der Waals surface area contributed by atoms with Crippen LogP contribution in [0, 0.1) is 0 Å². The molecule has 2 N–H and O–H groups in total. The van der Waals surface area contributed by atoms with Gasteiger partial charge in [0.05, 0.1) is 12.7 Å². The molecular weight excluding hydrogens is 282 g/mol. The van der Waals surface area contributed by atoms with Gasteiger partial charge in [0, 0.05) is 26.1 Å². The fourth-order valence-electron chi connectivity index (χ4n) is 2.92. The molecule has 0 saturated heterocycles. The summed E-state index contributed by atoms with van der Waals surface area (Å²) in [7, 11) is 1.82. The van der Waals surface area contributed by atoms with Gasteiger partial charge in [-0.15, -0.1) is 0 Å². The van der Waals surface area contributed by atoms with Crippen LogP contribution in [0.3, 0.4) is 0 Å².